The Bertz CT molecular complexity index is 749. The van der Waals surface area contributed by atoms with Crippen molar-refractivity contribution >= 4 is 12.1 Å². The SMILES string of the molecule is CCOC(=O)C1([C@@H](C)NCC[C@@](C)(O)c2ccccc2)CCN(C(=O)OC(C)(C)C)CC1. The molecule has 1 aromatic carbocycles. The van der Waals surface area contributed by atoms with E-state index in [0.717, 1.165) is 5.56 Å². The second kappa shape index (κ2) is 10.7. The number of piperidine rings is 1. The van der Waals surface area contributed by atoms with Gasteiger partial charge >= 0.3 is 12.1 Å². The van der Waals surface area contributed by atoms with Crippen LogP contribution in [0.5, 0.6) is 0 Å². The predicted octanol–water partition coefficient (Wildman–Crippen LogP) is 3.84. The van der Waals surface area contributed by atoms with Gasteiger partial charge in [-0.3, -0.25) is 4.79 Å². The topological polar surface area (TPSA) is 88.1 Å². The van der Waals surface area contributed by atoms with E-state index >= 15 is 0 Å². The molecule has 0 unspecified atom stereocenters. The van der Waals surface area contributed by atoms with E-state index in [1.54, 1.807) is 18.7 Å². The van der Waals surface area contributed by atoms with Gasteiger partial charge in [0.2, 0.25) is 0 Å². The first-order valence-electron chi connectivity index (χ1n) is 11.6. The molecule has 1 fully saturated rings. The Balaban J connectivity index is 2.02. The molecule has 1 aliphatic heterocycles. The second-order valence-corrected chi connectivity index (χ2v) is 9.91. The maximum Gasteiger partial charge on any atom is 0.410 e. The van der Waals surface area contributed by atoms with E-state index in [4.69, 9.17) is 9.47 Å². The zero-order valence-corrected chi connectivity index (χ0v) is 20.4. The summed E-state index contributed by atoms with van der Waals surface area (Å²) in [4.78, 5) is 27.1. The smallest absolute Gasteiger partial charge is 0.410 e. The highest BCUT2D eigenvalue weighted by Crippen LogP contribution is 2.37. The molecule has 7 heteroatoms. The summed E-state index contributed by atoms with van der Waals surface area (Å²) in [7, 11) is 0. The lowest BCUT2D eigenvalue weighted by atomic mass is 9.72. The van der Waals surface area contributed by atoms with Gasteiger partial charge in [-0.1, -0.05) is 30.3 Å². The minimum Gasteiger partial charge on any atom is -0.466 e. The molecule has 0 bridgehead atoms. The number of benzene rings is 1. The van der Waals surface area contributed by atoms with Crippen LogP contribution in [-0.2, 0) is 19.9 Å². The Labute approximate surface area is 192 Å². The van der Waals surface area contributed by atoms with Crippen LogP contribution in [0, 0.1) is 5.41 Å². The van der Waals surface area contributed by atoms with Gasteiger partial charge in [-0.05, 0) is 72.9 Å². The molecule has 1 amide bonds. The average Bonchev–Trinajstić information content (AvgIpc) is 2.73. The molecule has 2 rings (SSSR count). The zero-order chi connectivity index (χ0) is 24.0. The van der Waals surface area contributed by atoms with Crippen molar-refractivity contribution in [1.29, 1.82) is 0 Å². The van der Waals surface area contributed by atoms with Crippen LogP contribution in [0.15, 0.2) is 30.3 Å². The molecular formula is C25H40N2O5. The first kappa shape index (κ1) is 26.1. The lowest BCUT2D eigenvalue weighted by Gasteiger charge is -2.44. The molecule has 0 aromatic heterocycles. The number of carbonyl (C=O) groups is 2. The number of nitrogens with one attached hydrogen (secondary N) is 1. The third-order valence-electron chi connectivity index (χ3n) is 6.28. The van der Waals surface area contributed by atoms with E-state index in [-0.39, 0.29) is 18.1 Å². The molecule has 1 saturated heterocycles. The molecule has 180 valence electrons. The number of aliphatic hydroxyl groups is 1. The number of rotatable bonds is 8. The summed E-state index contributed by atoms with van der Waals surface area (Å²) in [5.74, 6) is -0.237. The third kappa shape index (κ3) is 6.69. The van der Waals surface area contributed by atoms with Crippen LogP contribution in [0.3, 0.4) is 0 Å². The number of esters is 1. The lowest BCUT2D eigenvalue weighted by Crippen LogP contribution is -2.56. The summed E-state index contributed by atoms with van der Waals surface area (Å²) >= 11 is 0. The Morgan fingerprint density at radius 1 is 1.16 bits per heavy atom. The summed E-state index contributed by atoms with van der Waals surface area (Å²) in [5, 5.41) is 14.3. The number of ether oxygens (including phenoxy) is 2. The molecule has 1 aliphatic rings. The number of nitrogens with zero attached hydrogens (tertiary/aromatic N) is 1. The summed E-state index contributed by atoms with van der Waals surface area (Å²) in [5.41, 5.74) is -1.39. The highest BCUT2D eigenvalue weighted by atomic mass is 16.6. The van der Waals surface area contributed by atoms with Gasteiger partial charge in [-0.15, -0.1) is 0 Å². The largest absolute Gasteiger partial charge is 0.466 e. The van der Waals surface area contributed by atoms with Crippen molar-refractivity contribution in [2.75, 3.05) is 26.2 Å². The average molecular weight is 449 g/mol. The number of hydrogen-bond acceptors (Lipinski definition) is 6. The highest BCUT2D eigenvalue weighted by Gasteiger charge is 2.48. The number of carbonyl (C=O) groups excluding carboxylic acids is 2. The van der Waals surface area contributed by atoms with Crippen molar-refractivity contribution in [1.82, 2.24) is 10.2 Å². The summed E-state index contributed by atoms with van der Waals surface area (Å²) in [6, 6.07) is 9.40. The first-order chi connectivity index (χ1) is 14.9. The third-order valence-corrected chi connectivity index (χ3v) is 6.28. The van der Waals surface area contributed by atoms with Crippen molar-refractivity contribution in [3.05, 3.63) is 35.9 Å². The van der Waals surface area contributed by atoms with Gasteiger partial charge in [0, 0.05) is 19.1 Å². The van der Waals surface area contributed by atoms with Gasteiger partial charge in [0.25, 0.3) is 0 Å². The molecule has 0 aliphatic carbocycles. The van der Waals surface area contributed by atoms with Gasteiger partial charge < -0.3 is 24.8 Å². The molecule has 7 nitrogen and oxygen atoms in total. The van der Waals surface area contributed by atoms with Gasteiger partial charge in [-0.25, -0.2) is 4.79 Å². The fourth-order valence-corrected chi connectivity index (χ4v) is 4.17. The van der Waals surface area contributed by atoms with E-state index in [2.05, 4.69) is 5.32 Å². The highest BCUT2D eigenvalue weighted by molar-refractivity contribution is 5.78. The van der Waals surface area contributed by atoms with Crippen molar-refractivity contribution < 1.29 is 24.2 Å². The summed E-state index contributed by atoms with van der Waals surface area (Å²) in [6.07, 6.45) is 1.14. The van der Waals surface area contributed by atoms with Crippen molar-refractivity contribution in [3.63, 3.8) is 0 Å². The molecule has 2 atom stereocenters. The minimum atomic E-state index is -0.967. The summed E-state index contributed by atoms with van der Waals surface area (Å²) < 4.78 is 10.9. The van der Waals surface area contributed by atoms with Crippen LogP contribution in [0.4, 0.5) is 4.79 Å². The van der Waals surface area contributed by atoms with Crippen LogP contribution in [0.2, 0.25) is 0 Å². The van der Waals surface area contributed by atoms with Crippen LogP contribution in [0.1, 0.15) is 66.4 Å². The molecule has 0 radical (unpaired) electrons. The Morgan fingerprint density at radius 2 is 1.75 bits per heavy atom. The number of hydrogen-bond donors (Lipinski definition) is 2. The monoisotopic (exact) mass is 448 g/mol. The molecule has 32 heavy (non-hydrogen) atoms. The maximum absolute atomic E-state index is 13.0. The molecule has 1 heterocycles. The van der Waals surface area contributed by atoms with Crippen LogP contribution >= 0.6 is 0 Å². The Kier molecular flexibility index (Phi) is 8.71. The van der Waals surface area contributed by atoms with E-state index in [1.807, 2.05) is 58.0 Å². The van der Waals surface area contributed by atoms with Crippen molar-refractivity contribution in [2.45, 2.75) is 78.0 Å². The van der Waals surface area contributed by atoms with E-state index in [9.17, 15) is 14.7 Å². The molecular weight excluding hydrogens is 408 g/mol. The van der Waals surface area contributed by atoms with E-state index in [0.29, 0.717) is 45.5 Å². The van der Waals surface area contributed by atoms with Gasteiger partial charge in [-0.2, -0.15) is 0 Å². The van der Waals surface area contributed by atoms with Gasteiger partial charge in [0.15, 0.2) is 0 Å². The number of amides is 1. The summed E-state index contributed by atoms with van der Waals surface area (Å²) in [6.45, 7) is 12.8. The minimum absolute atomic E-state index is 0.172. The Morgan fingerprint density at radius 3 is 2.28 bits per heavy atom. The zero-order valence-electron chi connectivity index (χ0n) is 20.4. The van der Waals surface area contributed by atoms with Crippen molar-refractivity contribution in [3.8, 4) is 0 Å². The molecule has 1 aromatic rings. The van der Waals surface area contributed by atoms with E-state index < -0.39 is 16.6 Å². The molecule has 0 spiro atoms. The predicted molar refractivity (Wildman–Crippen MR) is 124 cm³/mol. The normalized spacial score (nSPS) is 19.0. The molecule has 0 saturated carbocycles. The number of likely N-dealkylation sites (tertiary alicyclic amines) is 1. The quantitative estimate of drug-likeness (QED) is 0.588. The first-order valence-corrected chi connectivity index (χ1v) is 11.6. The maximum atomic E-state index is 13.0. The fraction of sp³-hybridized carbons (Fsp3) is 0.680. The molecule has 2 N–H and O–H groups in total. The fourth-order valence-electron chi connectivity index (χ4n) is 4.17. The van der Waals surface area contributed by atoms with Crippen molar-refractivity contribution in [2.24, 2.45) is 5.41 Å². The van der Waals surface area contributed by atoms with E-state index in [1.165, 1.54) is 0 Å². The van der Waals surface area contributed by atoms with Gasteiger partial charge in [0.05, 0.1) is 17.6 Å². The lowest BCUT2D eigenvalue weighted by molar-refractivity contribution is -0.160. The standard InChI is InChI=1S/C25H40N2O5/c1-7-31-21(28)25(14-17-27(18-15-25)22(29)32-23(3,4)5)19(2)26-16-13-24(6,30)20-11-9-8-10-12-20/h8-12,19,26,30H,7,13-18H2,1-6H3/t19-,24-/m1/s1. The van der Waals surface area contributed by atoms with Crippen LogP contribution < -0.4 is 5.32 Å². The van der Waals surface area contributed by atoms with Gasteiger partial charge in [0.1, 0.15) is 5.60 Å². The van der Waals surface area contributed by atoms with Crippen LogP contribution in [0.25, 0.3) is 0 Å². The second-order valence-electron chi connectivity index (χ2n) is 9.91. The van der Waals surface area contributed by atoms with Crippen LogP contribution in [-0.4, -0.2) is 60.0 Å². The Hall–Kier alpha value is -2.12.